The number of benzene rings is 2. The smallest absolute Gasteiger partial charge is 0.259 e. The van der Waals surface area contributed by atoms with Crippen molar-refractivity contribution >= 4 is 21.6 Å². The zero-order chi connectivity index (χ0) is 22.9. The van der Waals surface area contributed by atoms with Gasteiger partial charge in [-0.1, -0.05) is 29.8 Å². The van der Waals surface area contributed by atoms with Crippen LogP contribution >= 0.6 is 11.6 Å². The van der Waals surface area contributed by atoms with Gasteiger partial charge in [-0.05, 0) is 73.2 Å². The Morgan fingerprint density at radius 2 is 2.09 bits per heavy atom. The molecule has 2 aromatic carbocycles. The molecule has 0 saturated heterocycles. The summed E-state index contributed by atoms with van der Waals surface area (Å²) in [5.74, 6) is 0.0931. The highest BCUT2D eigenvalue weighted by Gasteiger charge is 2.33. The van der Waals surface area contributed by atoms with Gasteiger partial charge in [0.2, 0.25) is 0 Å². The molecule has 4 rings (SSSR count). The average Bonchev–Trinajstić information content (AvgIpc) is 3.31. The molecule has 32 heavy (non-hydrogen) atoms. The minimum atomic E-state index is -3.83. The number of imidazole rings is 1. The van der Waals surface area contributed by atoms with Crippen LogP contribution in [0.15, 0.2) is 53.9 Å². The molecular formula is C23H26ClFN4O2S. The lowest BCUT2D eigenvalue weighted by molar-refractivity contribution is 0.436. The predicted molar refractivity (Wildman–Crippen MR) is 123 cm³/mol. The number of hydrogen-bond donors (Lipinski definition) is 2. The molecule has 1 aliphatic carbocycles. The van der Waals surface area contributed by atoms with Crippen LogP contribution in [-0.2, 0) is 36.5 Å². The normalized spacial score (nSPS) is 18.1. The summed E-state index contributed by atoms with van der Waals surface area (Å²) < 4.78 is 43.9. The molecule has 6 nitrogen and oxygen atoms in total. The van der Waals surface area contributed by atoms with Gasteiger partial charge in [0.15, 0.2) is 5.03 Å². The second-order valence-electron chi connectivity index (χ2n) is 8.31. The van der Waals surface area contributed by atoms with E-state index in [9.17, 15) is 12.8 Å². The van der Waals surface area contributed by atoms with Crippen molar-refractivity contribution in [3.05, 3.63) is 82.0 Å². The highest BCUT2D eigenvalue weighted by molar-refractivity contribution is 7.89. The van der Waals surface area contributed by atoms with Crippen molar-refractivity contribution in [3.63, 3.8) is 0 Å². The first kappa shape index (κ1) is 22.9. The van der Waals surface area contributed by atoms with Gasteiger partial charge < -0.3 is 9.88 Å². The predicted octanol–water partition coefficient (Wildman–Crippen LogP) is 3.41. The van der Waals surface area contributed by atoms with Crippen LogP contribution in [0.5, 0.6) is 0 Å². The maximum atomic E-state index is 14.9. The highest BCUT2D eigenvalue weighted by atomic mass is 35.5. The fraction of sp³-hybridized carbons (Fsp3) is 0.348. The molecule has 170 valence electrons. The van der Waals surface area contributed by atoms with E-state index in [1.165, 1.54) is 12.5 Å². The van der Waals surface area contributed by atoms with E-state index in [1.807, 2.05) is 37.4 Å². The summed E-state index contributed by atoms with van der Waals surface area (Å²) in [5, 5.41) is 3.85. The lowest BCUT2D eigenvalue weighted by Gasteiger charge is -2.21. The number of aromatic nitrogens is 2. The first-order chi connectivity index (χ1) is 15.3. The van der Waals surface area contributed by atoms with E-state index in [4.69, 9.17) is 11.6 Å². The van der Waals surface area contributed by atoms with Gasteiger partial charge in [-0.15, -0.1) is 0 Å². The topological polar surface area (TPSA) is 76.0 Å². The third-order valence-corrected chi connectivity index (χ3v) is 7.50. The van der Waals surface area contributed by atoms with Crippen LogP contribution in [0.1, 0.15) is 28.2 Å². The van der Waals surface area contributed by atoms with Crippen LogP contribution in [0.4, 0.5) is 4.39 Å². The van der Waals surface area contributed by atoms with Crippen molar-refractivity contribution < 1.29 is 12.8 Å². The van der Waals surface area contributed by atoms with Gasteiger partial charge >= 0.3 is 0 Å². The van der Waals surface area contributed by atoms with Crippen LogP contribution in [0.2, 0.25) is 5.02 Å². The van der Waals surface area contributed by atoms with E-state index >= 15 is 0 Å². The van der Waals surface area contributed by atoms with Crippen LogP contribution < -0.4 is 10.0 Å². The molecule has 0 fully saturated rings. The number of fused-ring (bicyclic) bond motifs is 1. The molecule has 0 radical (unpaired) electrons. The molecule has 1 aliphatic rings. The maximum absolute atomic E-state index is 14.9. The molecule has 0 bridgehead atoms. The van der Waals surface area contributed by atoms with Gasteiger partial charge in [-0.25, -0.2) is 22.5 Å². The van der Waals surface area contributed by atoms with Gasteiger partial charge in [0.25, 0.3) is 10.0 Å². The van der Waals surface area contributed by atoms with Gasteiger partial charge in [0, 0.05) is 30.4 Å². The van der Waals surface area contributed by atoms with Crippen LogP contribution in [-0.4, -0.2) is 31.6 Å². The zero-order valence-electron chi connectivity index (χ0n) is 18.0. The summed E-state index contributed by atoms with van der Waals surface area (Å²) in [7, 11) is -0.225. The van der Waals surface area contributed by atoms with E-state index < -0.39 is 15.8 Å². The monoisotopic (exact) mass is 476 g/mol. The summed E-state index contributed by atoms with van der Waals surface area (Å²) >= 11 is 6.18. The fourth-order valence-corrected chi connectivity index (χ4v) is 5.66. The Labute approximate surface area is 192 Å². The minimum Gasteiger partial charge on any atom is -0.339 e. The molecule has 0 amide bonds. The van der Waals surface area contributed by atoms with E-state index in [0.29, 0.717) is 16.5 Å². The molecule has 9 heteroatoms. The summed E-state index contributed by atoms with van der Waals surface area (Å²) in [6, 6.07) is 11.2. The third kappa shape index (κ3) is 4.88. The number of nitrogens with one attached hydrogen (secondary N) is 2. The Bertz CT molecular complexity index is 1230. The van der Waals surface area contributed by atoms with Gasteiger partial charge in [-0.2, -0.15) is 0 Å². The van der Waals surface area contributed by atoms with Gasteiger partial charge in [0.1, 0.15) is 5.82 Å². The second kappa shape index (κ2) is 9.31. The highest BCUT2D eigenvalue weighted by Crippen LogP contribution is 2.41. The Hall–Kier alpha value is -2.26. The first-order valence-electron chi connectivity index (χ1n) is 10.4. The number of halogens is 2. The Balaban J connectivity index is 1.60. The molecule has 0 spiro atoms. The SMILES string of the molecule is CNCC1Cc2cc(F)c(CNS(=O)(=O)c3cn(C)cn3)cc2C1Cc1cccc(Cl)c1. The van der Waals surface area contributed by atoms with E-state index in [2.05, 4.69) is 15.0 Å². The number of nitrogens with zero attached hydrogens (tertiary/aromatic N) is 2. The summed E-state index contributed by atoms with van der Waals surface area (Å²) in [4.78, 5) is 3.88. The maximum Gasteiger partial charge on any atom is 0.259 e. The standard InChI is InChI=1S/C23H26ClFN4O2S/c1-26-11-17-8-16-10-22(25)18(12-28-32(30,31)23-13-29(2)14-27-23)9-21(16)20(17)7-15-4-3-5-19(24)6-15/h3-6,9-10,13-14,17,20,26,28H,7-8,11-12H2,1-2H3. The Morgan fingerprint density at radius 3 is 2.78 bits per heavy atom. The summed E-state index contributed by atoms with van der Waals surface area (Å²) in [6.45, 7) is 0.668. The minimum absolute atomic E-state index is 0.0884. The van der Waals surface area contributed by atoms with Crippen molar-refractivity contribution in [2.45, 2.75) is 30.3 Å². The van der Waals surface area contributed by atoms with Crippen molar-refractivity contribution in [1.29, 1.82) is 0 Å². The number of sulfonamides is 1. The molecule has 1 aromatic heterocycles. The number of hydrogen-bond acceptors (Lipinski definition) is 4. The Kier molecular flexibility index (Phi) is 6.67. The molecule has 2 N–H and O–H groups in total. The fourth-order valence-electron chi connectivity index (χ4n) is 4.46. The van der Waals surface area contributed by atoms with Crippen molar-refractivity contribution in [2.75, 3.05) is 13.6 Å². The number of aryl methyl sites for hydroxylation is 1. The molecule has 2 unspecified atom stereocenters. The quantitative estimate of drug-likeness (QED) is 0.522. The third-order valence-electron chi connectivity index (χ3n) is 5.98. The summed E-state index contributed by atoms with van der Waals surface area (Å²) in [6.07, 6.45) is 4.38. The zero-order valence-corrected chi connectivity index (χ0v) is 19.5. The molecular weight excluding hydrogens is 451 g/mol. The number of rotatable bonds is 8. The van der Waals surface area contributed by atoms with E-state index in [-0.39, 0.29) is 17.5 Å². The molecule has 1 heterocycles. The largest absolute Gasteiger partial charge is 0.339 e. The molecule has 2 atom stereocenters. The van der Waals surface area contributed by atoms with Crippen molar-refractivity contribution in [3.8, 4) is 0 Å². The second-order valence-corrected chi connectivity index (χ2v) is 10.5. The molecule has 3 aromatic rings. The summed E-state index contributed by atoms with van der Waals surface area (Å²) in [5.41, 5.74) is 3.49. The van der Waals surface area contributed by atoms with E-state index in [1.54, 1.807) is 17.7 Å². The van der Waals surface area contributed by atoms with Crippen LogP contribution in [0, 0.1) is 11.7 Å². The molecule has 0 aliphatic heterocycles. The lowest BCUT2D eigenvalue weighted by Crippen LogP contribution is -2.24. The Morgan fingerprint density at radius 1 is 1.28 bits per heavy atom. The van der Waals surface area contributed by atoms with Crippen molar-refractivity contribution in [1.82, 2.24) is 19.6 Å². The lowest BCUT2D eigenvalue weighted by atomic mass is 9.86. The van der Waals surface area contributed by atoms with Crippen LogP contribution in [0.25, 0.3) is 0 Å². The van der Waals surface area contributed by atoms with Crippen molar-refractivity contribution in [2.24, 2.45) is 13.0 Å². The van der Waals surface area contributed by atoms with E-state index in [0.717, 1.165) is 36.1 Å². The first-order valence-corrected chi connectivity index (χ1v) is 12.3. The van der Waals surface area contributed by atoms with Gasteiger partial charge in [0.05, 0.1) is 6.33 Å². The van der Waals surface area contributed by atoms with Crippen LogP contribution in [0.3, 0.4) is 0 Å². The average molecular weight is 477 g/mol. The van der Waals surface area contributed by atoms with Gasteiger partial charge in [-0.3, -0.25) is 0 Å². The molecule has 0 saturated carbocycles.